The Hall–Kier alpha value is -1.62. The Labute approximate surface area is 157 Å². The lowest BCUT2D eigenvalue weighted by molar-refractivity contribution is 0.0234. The van der Waals surface area contributed by atoms with Crippen LogP contribution in [0, 0.1) is 6.92 Å². The van der Waals surface area contributed by atoms with Gasteiger partial charge in [-0.2, -0.15) is 0 Å². The van der Waals surface area contributed by atoms with Gasteiger partial charge >= 0.3 is 0 Å². The summed E-state index contributed by atoms with van der Waals surface area (Å²) in [7, 11) is 0. The van der Waals surface area contributed by atoms with Crippen molar-refractivity contribution >= 4 is 29.0 Å². The van der Waals surface area contributed by atoms with Crippen molar-refractivity contribution in [3.8, 4) is 5.88 Å². The second-order valence-electron chi connectivity index (χ2n) is 6.12. The van der Waals surface area contributed by atoms with Crippen LogP contribution in [0.2, 0.25) is 10.0 Å². The topological polar surface area (TPSA) is 48.4 Å². The molecule has 1 aromatic carbocycles. The lowest BCUT2D eigenvalue weighted by Gasteiger charge is -2.23. The summed E-state index contributed by atoms with van der Waals surface area (Å²) < 4.78 is 11.3. The first-order valence-corrected chi connectivity index (χ1v) is 8.96. The number of Topliss-reactive ketones (excluding diaryl/α,β-unsaturated/α-hetero) is 1. The normalized spacial score (nSPS) is 15.2. The van der Waals surface area contributed by atoms with E-state index in [0.717, 1.165) is 24.0 Å². The average molecular weight is 380 g/mol. The zero-order valence-corrected chi connectivity index (χ0v) is 15.4. The highest BCUT2D eigenvalue weighted by atomic mass is 35.5. The molecule has 1 aliphatic heterocycles. The molecular formula is C19H19Cl2NO3. The monoisotopic (exact) mass is 379 g/mol. The summed E-state index contributed by atoms with van der Waals surface area (Å²) in [4.78, 5) is 16.8. The molecule has 0 aliphatic carbocycles. The maximum atomic E-state index is 12.5. The van der Waals surface area contributed by atoms with Gasteiger partial charge in [0.2, 0.25) is 5.88 Å². The second kappa shape index (κ2) is 8.17. The minimum atomic E-state index is -0.0217. The van der Waals surface area contributed by atoms with E-state index in [1.165, 1.54) is 0 Å². The van der Waals surface area contributed by atoms with Gasteiger partial charge in [0.05, 0.1) is 23.3 Å². The van der Waals surface area contributed by atoms with Crippen LogP contribution in [0.15, 0.2) is 30.5 Å². The third-order valence-corrected chi connectivity index (χ3v) is 4.89. The molecule has 0 atom stereocenters. The Morgan fingerprint density at radius 2 is 2.00 bits per heavy atom. The van der Waals surface area contributed by atoms with Gasteiger partial charge in [-0.1, -0.05) is 29.3 Å². The summed E-state index contributed by atoms with van der Waals surface area (Å²) in [6.45, 7) is 3.32. The van der Waals surface area contributed by atoms with Crippen molar-refractivity contribution in [2.75, 3.05) is 13.2 Å². The molecule has 132 valence electrons. The Bertz CT molecular complexity index is 773. The quantitative estimate of drug-likeness (QED) is 0.707. The molecule has 1 fully saturated rings. The summed E-state index contributed by atoms with van der Waals surface area (Å²) in [6.07, 6.45) is 3.66. The molecule has 1 aliphatic rings. The number of ketones is 1. The number of aryl methyl sites for hydroxylation is 1. The number of hydrogen-bond acceptors (Lipinski definition) is 4. The molecule has 0 N–H and O–H groups in total. The lowest BCUT2D eigenvalue weighted by atomic mass is 10.0. The third-order valence-electron chi connectivity index (χ3n) is 4.15. The van der Waals surface area contributed by atoms with Crippen LogP contribution in [-0.2, 0) is 11.2 Å². The zero-order valence-electron chi connectivity index (χ0n) is 13.9. The van der Waals surface area contributed by atoms with E-state index >= 15 is 0 Å². The summed E-state index contributed by atoms with van der Waals surface area (Å²) in [5.41, 5.74) is 2.23. The maximum absolute atomic E-state index is 12.5. The highest BCUT2D eigenvalue weighted by Crippen LogP contribution is 2.24. The van der Waals surface area contributed by atoms with Crippen LogP contribution >= 0.6 is 23.2 Å². The largest absolute Gasteiger partial charge is 0.474 e. The summed E-state index contributed by atoms with van der Waals surface area (Å²) in [5.74, 6) is 0.560. The Morgan fingerprint density at radius 1 is 1.24 bits per heavy atom. The molecule has 1 saturated heterocycles. The Balaban J connectivity index is 1.68. The van der Waals surface area contributed by atoms with Crippen molar-refractivity contribution in [2.45, 2.75) is 32.3 Å². The van der Waals surface area contributed by atoms with Crippen LogP contribution in [0.4, 0.5) is 0 Å². The summed E-state index contributed by atoms with van der Waals surface area (Å²) in [6, 6.07) is 7.03. The highest BCUT2D eigenvalue weighted by molar-refractivity contribution is 6.42. The van der Waals surface area contributed by atoms with E-state index in [-0.39, 0.29) is 18.3 Å². The van der Waals surface area contributed by atoms with Gasteiger partial charge in [0.1, 0.15) is 6.10 Å². The SMILES string of the molecule is Cc1cc(C(=O)Cc2ccc(Cl)c(Cl)c2)cnc1OC1CCOCC1. The standard InChI is InChI=1S/C19H19Cl2NO3/c1-12-8-14(11-22-19(12)25-15-4-6-24-7-5-15)18(23)10-13-2-3-16(20)17(21)9-13/h2-3,8-9,11,15H,4-7,10H2,1H3. The first-order chi connectivity index (χ1) is 12.0. The average Bonchev–Trinajstić information content (AvgIpc) is 2.61. The van der Waals surface area contributed by atoms with E-state index in [0.29, 0.717) is 34.7 Å². The smallest absolute Gasteiger partial charge is 0.216 e. The van der Waals surface area contributed by atoms with Crippen LogP contribution in [0.3, 0.4) is 0 Å². The summed E-state index contributed by atoms with van der Waals surface area (Å²) in [5, 5.41) is 0.923. The molecule has 1 aromatic heterocycles. The molecule has 3 rings (SSSR count). The fourth-order valence-electron chi connectivity index (χ4n) is 2.73. The van der Waals surface area contributed by atoms with Crippen LogP contribution < -0.4 is 4.74 Å². The van der Waals surface area contributed by atoms with Gasteiger partial charge in [-0.3, -0.25) is 4.79 Å². The van der Waals surface area contributed by atoms with Crippen LogP contribution in [0.5, 0.6) is 5.88 Å². The van der Waals surface area contributed by atoms with E-state index < -0.39 is 0 Å². The van der Waals surface area contributed by atoms with Gasteiger partial charge < -0.3 is 9.47 Å². The highest BCUT2D eigenvalue weighted by Gasteiger charge is 2.18. The molecule has 0 saturated carbocycles. The van der Waals surface area contributed by atoms with E-state index in [1.807, 2.05) is 13.0 Å². The molecular weight excluding hydrogens is 361 g/mol. The predicted octanol–water partition coefficient (Wildman–Crippen LogP) is 4.68. The Morgan fingerprint density at radius 3 is 2.68 bits per heavy atom. The van der Waals surface area contributed by atoms with E-state index in [2.05, 4.69) is 4.98 Å². The van der Waals surface area contributed by atoms with E-state index in [1.54, 1.807) is 24.4 Å². The fraction of sp³-hybridized carbons (Fsp3) is 0.368. The number of hydrogen-bond donors (Lipinski definition) is 0. The molecule has 4 nitrogen and oxygen atoms in total. The van der Waals surface area contributed by atoms with Gasteiger partial charge in [-0.15, -0.1) is 0 Å². The molecule has 0 radical (unpaired) electrons. The molecule has 2 heterocycles. The minimum Gasteiger partial charge on any atom is -0.474 e. The lowest BCUT2D eigenvalue weighted by Crippen LogP contribution is -2.26. The van der Waals surface area contributed by atoms with Crippen molar-refractivity contribution < 1.29 is 14.3 Å². The number of aromatic nitrogens is 1. The van der Waals surface area contributed by atoms with E-state index in [4.69, 9.17) is 32.7 Å². The molecule has 0 spiro atoms. The van der Waals surface area contributed by atoms with Crippen molar-refractivity contribution in [1.82, 2.24) is 4.98 Å². The summed E-state index contributed by atoms with van der Waals surface area (Å²) >= 11 is 11.9. The molecule has 0 bridgehead atoms. The van der Waals surface area contributed by atoms with Gasteiger partial charge in [-0.25, -0.2) is 4.98 Å². The van der Waals surface area contributed by atoms with E-state index in [9.17, 15) is 4.79 Å². The number of rotatable bonds is 5. The van der Waals surface area contributed by atoms with Crippen LogP contribution in [0.1, 0.15) is 34.3 Å². The number of pyridine rings is 1. The fourth-order valence-corrected chi connectivity index (χ4v) is 3.05. The zero-order chi connectivity index (χ0) is 17.8. The molecule has 0 amide bonds. The number of nitrogens with zero attached hydrogens (tertiary/aromatic N) is 1. The molecule has 6 heteroatoms. The van der Waals surface area contributed by atoms with Gasteiger partial charge in [0.25, 0.3) is 0 Å². The van der Waals surface area contributed by atoms with Crippen molar-refractivity contribution in [1.29, 1.82) is 0 Å². The first kappa shape index (κ1) is 18.2. The van der Waals surface area contributed by atoms with Crippen molar-refractivity contribution in [3.05, 3.63) is 57.2 Å². The van der Waals surface area contributed by atoms with Gasteiger partial charge in [-0.05, 0) is 30.7 Å². The first-order valence-electron chi connectivity index (χ1n) is 8.21. The number of ether oxygens (including phenoxy) is 2. The molecule has 25 heavy (non-hydrogen) atoms. The van der Waals surface area contributed by atoms with Crippen LogP contribution in [-0.4, -0.2) is 30.1 Å². The predicted molar refractivity (Wildman–Crippen MR) is 97.9 cm³/mol. The maximum Gasteiger partial charge on any atom is 0.216 e. The molecule has 0 unspecified atom stereocenters. The van der Waals surface area contributed by atoms with Gasteiger partial charge in [0, 0.05) is 36.6 Å². The number of carbonyl (C=O) groups is 1. The third kappa shape index (κ3) is 4.72. The van der Waals surface area contributed by atoms with Crippen molar-refractivity contribution in [2.24, 2.45) is 0 Å². The number of halogens is 2. The Kier molecular flexibility index (Phi) is 5.94. The van der Waals surface area contributed by atoms with Crippen LogP contribution in [0.25, 0.3) is 0 Å². The minimum absolute atomic E-state index is 0.0217. The van der Waals surface area contributed by atoms with Gasteiger partial charge in [0.15, 0.2) is 5.78 Å². The van der Waals surface area contributed by atoms with Crippen molar-refractivity contribution in [3.63, 3.8) is 0 Å². The number of benzene rings is 1. The molecule has 2 aromatic rings. The number of carbonyl (C=O) groups excluding carboxylic acids is 1. The second-order valence-corrected chi connectivity index (χ2v) is 6.94.